The molecule has 10 nitrogen and oxygen atoms in total. The minimum atomic E-state index is -1.55. The first-order valence-electron chi connectivity index (χ1n) is 14.9. The zero-order valence-electron chi connectivity index (χ0n) is 25.4. The van der Waals surface area contributed by atoms with Gasteiger partial charge in [-0.1, -0.05) is 60.7 Å². The van der Waals surface area contributed by atoms with Crippen molar-refractivity contribution in [3.63, 3.8) is 0 Å². The molecular formula is C38H26N2O8. The molecule has 5 aromatic carbocycles. The van der Waals surface area contributed by atoms with Crippen molar-refractivity contribution in [2.75, 3.05) is 5.32 Å². The maximum atomic E-state index is 13.6. The number of nitrogens with one attached hydrogen (secondary N) is 1. The predicted octanol–water partition coefficient (Wildman–Crippen LogP) is 6.72. The van der Waals surface area contributed by atoms with E-state index in [1.165, 1.54) is 25.4 Å². The van der Waals surface area contributed by atoms with Gasteiger partial charge in [-0.05, 0) is 64.4 Å². The summed E-state index contributed by atoms with van der Waals surface area (Å²) < 4.78 is 12.0. The van der Waals surface area contributed by atoms with E-state index in [4.69, 9.17) is 9.47 Å². The van der Waals surface area contributed by atoms with Gasteiger partial charge in [0.15, 0.2) is 23.0 Å². The largest absolute Gasteiger partial charge is 0.506 e. The van der Waals surface area contributed by atoms with E-state index in [1.807, 2.05) is 72.8 Å². The molecule has 4 N–H and O–H groups in total. The number of aromatic carboxylic acids is 1. The summed E-state index contributed by atoms with van der Waals surface area (Å²) in [5.74, 6) is -4.71. The zero-order chi connectivity index (χ0) is 33.5. The maximum Gasteiger partial charge on any atom is 0.347 e. The van der Waals surface area contributed by atoms with Gasteiger partial charge in [0.2, 0.25) is 0 Å². The van der Waals surface area contributed by atoms with Crippen molar-refractivity contribution in [2.24, 2.45) is 4.99 Å². The smallest absolute Gasteiger partial charge is 0.347 e. The molecule has 0 unspecified atom stereocenters. The van der Waals surface area contributed by atoms with Crippen molar-refractivity contribution in [1.29, 1.82) is 0 Å². The van der Waals surface area contributed by atoms with E-state index in [0.29, 0.717) is 11.4 Å². The molecule has 1 aliphatic carbocycles. The number of anilines is 1. The molecule has 0 saturated heterocycles. The molecule has 2 aliphatic rings. The van der Waals surface area contributed by atoms with Crippen LogP contribution >= 0.6 is 0 Å². The van der Waals surface area contributed by atoms with E-state index in [-0.39, 0.29) is 39.4 Å². The number of ether oxygens (including phenoxy) is 2. The lowest BCUT2D eigenvalue weighted by molar-refractivity contribution is -0.129. The zero-order valence-corrected chi connectivity index (χ0v) is 25.4. The van der Waals surface area contributed by atoms with Gasteiger partial charge in [0, 0.05) is 18.1 Å². The van der Waals surface area contributed by atoms with Gasteiger partial charge in [0.25, 0.3) is 0 Å². The third-order valence-electron chi connectivity index (χ3n) is 8.18. The topological polar surface area (TPSA) is 155 Å². The number of aromatic hydroxyl groups is 1. The van der Waals surface area contributed by atoms with Crippen molar-refractivity contribution >= 4 is 56.9 Å². The molecule has 236 valence electrons. The molecule has 10 heteroatoms. The number of aliphatic imine (C=N–C) groups is 1. The number of carbonyl (C=O) groups is 3. The van der Waals surface area contributed by atoms with Crippen LogP contribution in [0, 0.1) is 0 Å². The fraction of sp³-hybridized carbons (Fsp3) is 0.0526. The number of ketones is 1. The Balaban J connectivity index is 1.38. The molecule has 0 saturated carbocycles. The number of phenols is 1. The third kappa shape index (κ3) is 5.25. The monoisotopic (exact) mass is 638 g/mol. The molecule has 1 heterocycles. The van der Waals surface area contributed by atoms with Crippen molar-refractivity contribution in [2.45, 2.75) is 13.5 Å². The first kappa shape index (κ1) is 30.2. The van der Waals surface area contributed by atoms with Crippen molar-refractivity contribution in [1.82, 2.24) is 0 Å². The molecule has 0 atom stereocenters. The number of esters is 1. The Morgan fingerprint density at radius 1 is 0.875 bits per heavy atom. The number of hydrogen-bond donors (Lipinski definition) is 4. The molecule has 5 aromatic rings. The average molecular weight is 639 g/mol. The molecular weight excluding hydrogens is 612 g/mol. The first-order chi connectivity index (χ1) is 23.2. The molecule has 0 spiro atoms. The van der Waals surface area contributed by atoms with E-state index < -0.39 is 41.4 Å². The highest BCUT2D eigenvalue weighted by molar-refractivity contribution is 6.15. The third-order valence-corrected chi connectivity index (χ3v) is 8.18. The van der Waals surface area contributed by atoms with E-state index in [2.05, 4.69) is 10.3 Å². The Labute approximate surface area is 273 Å². The van der Waals surface area contributed by atoms with Crippen LogP contribution < -0.4 is 14.8 Å². The molecule has 0 radical (unpaired) electrons. The second kappa shape index (κ2) is 12.0. The second-order valence-electron chi connectivity index (χ2n) is 11.2. The number of carboxylic acids is 1. The van der Waals surface area contributed by atoms with E-state index in [0.717, 1.165) is 21.5 Å². The quantitative estimate of drug-likeness (QED) is 0.0687. The van der Waals surface area contributed by atoms with Crippen LogP contribution in [0.5, 0.6) is 17.2 Å². The predicted molar refractivity (Wildman–Crippen MR) is 180 cm³/mol. The molecule has 0 bridgehead atoms. The average Bonchev–Trinajstić information content (AvgIpc) is 3.23. The van der Waals surface area contributed by atoms with Crippen LogP contribution in [-0.4, -0.2) is 39.3 Å². The standard InChI is InChI=1S/C38H26N2O8/c1-20-14-30(42)27(17-39-25-12-10-21-6-2-4-8-23(21)15-25)34-31(20)38(46)48-36-29(19-41)33(43)32(37(44)45)28(35(36)47-34)18-40-26-13-11-22-7-3-5-9-24(22)16-26/h2-18,39,41,43H,19H2,1H3,(H,44,45). The highest BCUT2D eigenvalue weighted by Gasteiger charge is 2.39. The summed E-state index contributed by atoms with van der Waals surface area (Å²) in [6.07, 6.45) is 3.84. The number of carboxylic acid groups (broad SMARTS) is 1. The summed E-state index contributed by atoms with van der Waals surface area (Å²) in [6, 6.07) is 26.4. The summed E-state index contributed by atoms with van der Waals surface area (Å²) in [5.41, 5.74) is -0.0391. The van der Waals surface area contributed by atoms with Gasteiger partial charge in [0.1, 0.15) is 16.9 Å². The van der Waals surface area contributed by atoms with Gasteiger partial charge in [-0.25, -0.2) is 9.59 Å². The normalized spacial score (nSPS) is 15.2. The summed E-state index contributed by atoms with van der Waals surface area (Å²) in [4.78, 5) is 44.1. The highest BCUT2D eigenvalue weighted by atomic mass is 16.6. The van der Waals surface area contributed by atoms with Crippen LogP contribution in [0.2, 0.25) is 0 Å². The molecule has 1 aliphatic heterocycles. The highest BCUT2D eigenvalue weighted by Crippen LogP contribution is 2.48. The fourth-order valence-electron chi connectivity index (χ4n) is 5.80. The van der Waals surface area contributed by atoms with E-state index in [9.17, 15) is 29.7 Å². The Hall–Kier alpha value is -6.52. The summed E-state index contributed by atoms with van der Waals surface area (Å²) in [5, 5.41) is 38.4. The number of aliphatic hydroxyl groups excluding tert-OH is 1. The van der Waals surface area contributed by atoms with Crippen LogP contribution in [0.3, 0.4) is 0 Å². The van der Waals surface area contributed by atoms with Gasteiger partial charge in [-0.15, -0.1) is 0 Å². The first-order valence-corrected chi connectivity index (χ1v) is 14.9. The van der Waals surface area contributed by atoms with Gasteiger partial charge in [-0.3, -0.25) is 9.79 Å². The van der Waals surface area contributed by atoms with Crippen LogP contribution in [0.25, 0.3) is 21.5 Å². The minimum Gasteiger partial charge on any atom is -0.506 e. The lowest BCUT2D eigenvalue weighted by atomic mass is 9.93. The summed E-state index contributed by atoms with van der Waals surface area (Å²) >= 11 is 0. The molecule has 48 heavy (non-hydrogen) atoms. The molecule has 0 aromatic heterocycles. The Bertz CT molecular complexity index is 2350. The number of carbonyl (C=O) groups excluding carboxylic acids is 2. The fourth-order valence-corrected chi connectivity index (χ4v) is 5.80. The molecule has 7 rings (SSSR count). The number of hydrogen-bond acceptors (Lipinski definition) is 9. The van der Waals surface area contributed by atoms with Crippen molar-refractivity contribution in [3.8, 4) is 17.2 Å². The molecule has 0 fully saturated rings. The number of benzene rings is 5. The van der Waals surface area contributed by atoms with E-state index >= 15 is 0 Å². The summed E-state index contributed by atoms with van der Waals surface area (Å²) in [6.45, 7) is 0.647. The molecule has 0 amide bonds. The number of nitrogens with zero attached hydrogens (tertiary/aromatic N) is 1. The Morgan fingerprint density at radius 3 is 2.23 bits per heavy atom. The second-order valence-corrected chi connectivity index (χ2v) is 11.2. The number of rotatable bonds is 6. The number of fused-ring (bicyclic) bond motifs is 3. The number of allylic oxidation sites excluding steroid dienone is 2. The Kier molecular flexibility index (Phi) is 7.54. The lowest BCUT2D eigenvalue weighted by Gasteiger charge is -2.20. The van der Waals surface area contributed by atoms with E-state index in [1.54, 1.807) is 12.1 Å². The van der Waals surface area contributed by atoms with Gasteiger partial charge in [0.05, 0.1) is 29.0 Å². The van der Waals surface area contributed by atoms with Gasteiger partial charge >= 0.3 is 11.9 Å². The maximum absolute atomic E-state index is 13.6. The van der Waals surface area contributed by atoms with Crippen LogP contribution in [0.4, 0.5) is 11.4 Å². The Morgan fingerprint density at radius 2 is 1.54 bits per heavy atom. The SMILES string of the molecule is CC1=CC(=O)C(=CNc2ccc3ccccc3c2)C2=C1C(=O)Oc1c(CO)c(O)c(C(=O)O)c(C=Nc3ccc4ccccc4c3)c1O2. The van der Waals surface area contributed by atoms with Crippen LogP contribution in [0.15, 0.2) is 125 Å². The minimum absolute atomic E-state index is 0.0403. The van der Waals surface area contributed by atoms with Crippen LogP contribution in [0.1, 0.15) is 28.4 Å². The van der Waals surface area contributed by atoms with Crippen molar-refractivity contribution in [3.05, 3.63) is 136 Å². The van der Waals surface area contributed by atoms with Crippen molar-refractivity contribution < 1.29 is 39.2 Å². The van der Waals surface area contributed by atoms with Gasteiger partial charge in [-0.2, -0.15) is 0 Å². The summed E-state index contributed by atoms with van der Waals surface area (Å²) in [7, 11) is 0. The van der Waals surface area contributed by atoms with Crippen LogP contribution in [-0.2, 0) is 16.2 Å². The van der Waals surface area contributed by atoms with Gasteiger partial charge < -0.3 is 30.1 Å². The lowest BCUT2D eigenvalue weighted by Crippen LogP contribution is -2.21. The number of aliphatic hydroxyl groups is 1.